The molecule has 27 heavy (non-hydrogen) atoms. The summed E-state index contributed by atoms with van der Waals surface area (Å²) in [4.78, 5) is 29.4. The van der Waals surface area contributed by atoms with Gasteiger partial charge in [0.15, 0.2) is 0 Å². The van der Waals surface area contributed by atoms with Crippen LogP contribution in [0.5, 0.6) is 0 Å². The minimum Gasteiger partial charge on any atom is -0.335 e. The van der Waals surface area contributed by atoms with E-state index in [9.17, 15) is 9.59 Å². The lowest BCUT2D eigenvalue weighted by molar-refractivity contribution is -0.132. The first-order chi connectivity index (χ1) is 13.0. The Morgan fingerprint density at radius 2 is 1.70 bits per heavy atom. The van der Waals surface area contributed by atoms with Crippen molar-refractivity contribution < 1.29 is 4.79 Å². The van der Waals surface area contributed by atoms with E-state index in [4.69, 9.17) is 0 Å². The summed E-state index contributed by atoms with van der Waals surface area (Å²) in [5.41, 5.74) is 0.817. The number of amides is 1. The fraction of sp³-hybridized carbons (Fsp3) is 0.286. The Kier molecular flexibility index (Phi) is 5.98. The van der Waals surface area contributed by atoms with Crippen LogP contribution in [0.15, 0.2) is 65.6 Å². The first kappa shape index (κ1) is 18.8. The van der Waals surface area contributed by atoms with E-state index in [0.717, 1.165) is 17.5 Å². The molecule has 3 rings (SSSR count). The van der Waals surface area contributed by atoms with Crippen LogP contribution in [0, 0.1) is 0 Å². The molecule has 0 N–H and O–H groups in total. The van der Waals surface area contributed by atoms with Crippen LogP contribution in [0.4, 0.5) is 0 Å². The third kappa shape index (κ3) is 4.80. The van der Waals surface area contributed by atoms with Gasteiger partial charge in [-0.3, -0.25) is 9.59 Å². The number of rotatable bonds is 7. The van der Waals surface area contributed by atoms with Gasteiger partial charge in [-0.25, -0.2) is 4.68 Å². The molecule has 0 saturated carbocycles. The predicted molar refractivity (Wildman–Crippen MR) is 106 cm³/mol. The van der Waals surface area contributed by atoms with Crippen molar-refractivity contribution in [2.75, 3.05) is 27.2 Å². The van der Waals surface area contributed by atoms with Crippen LogP contribution in [0.1, 0.15) is 5.56 Å². The summed E-state index contributed by atoms with van der Waals surface area (Å²) in [7, 11) is 3.95. The largest absolute Gasteiger partial charge is 0.335 e. The summed E-state index contributed by atoms with van der Waals surface area (Å²) in [5.74, 6) is -0.120. The highest BCUT2D eigenvalue weighted by molar-refractivity contribution is 5.81. The molecule has 0 atom stereocenters. The number of hydrogen-bond acceptors (Lipinski definition) is 4. The van der Waals surface area contributed by atoms with E-state index in [1.807, 2.05) is 67.5 Å². The molecule has 6 nitrogen and oxygen atoms in total. The van der Waals surface area contributed by atoms with Gasteiger partial charge in [-0.2, -0.15) is 5.10 Å². The number of aromatic nitrogens is 2. The highest BCUT2D eigenvalue weighted by Crippen LogP contribution is 2.08. The molecule has 2 aromatic carbocycles. The Morgan fingerprint density at radius 3 is 2.44 bits per heavy atom. The maximum Gasteiger partial charge on any atom is 0.275 e. The van der Waals surface area contributed by atoms with Crippen molar-refractivity contribution in [2.45, 2.75) is 13.1 Å². The molecule has 0 aliphatic rings. The molecule has 0 aliphatic heterocycles. The molecule has 1 amide bonds. The molecule has 0 saturated heterocycles. The number of benzene rings is 2. The van der Waals surface area contributed by atoms with Crippen LogP contribution >= 0.6 is 0 Å². The molecular formula is C21H24N4O2. The summed E-state index contributed by atoms with van der Waals surface area (Å²) in [6, 6.07) is 17.1. The lowest BCUT2D eigenvalue weighted by atomic mass is 10.2. The Balaban J connectivity index is 1.81. The van der Waals surface area contributed by atoms with Gasteiger partial charge < -0.3 is 9.80 Å². The van der Waals surface area contributed by atoms with Crippen molar-refractivity contribution in [3.63, 3.8) is 0 Å². The molecule has 0 spiro atoms. The first-order valence-electron chi connectivity index (χ1n) is 8.96. The summed E-state index contributed by atoms with van der Waals surface area (Å²) in [6.07, 6.45) is 1.63. The van der Waals surface area contributed by atoms with E-state index in [1.165, 1.54) is 4.68 Å². The fourth-order valence-electron chi connectivity index (χ4n) is 2.88. The molecule has 0 aliphatic carbocycles. The zero-order valence-corrected chi connectivity index (χ0v) is 15.7. The van der Waals surface area contributed by atoms with Crippen LogP contribution < -0.4 is 5.56 Å². The van der Waals surface area contributed by atoms with Crippen LogP contribution in [0.3, 0.4) is 0 Å². The molecule has 0 unspecified atom stereocenters. The van der Waals surface area contributed by atoms with Gasteiger partial charge >= 0.3 is 0 Å². The second kappa shape index (κ2) is 8.60. The van der Waals surface area contributed by atoms with Crippen molar-refractivity contribution >= 4 is 16.7 Å². The Bertz CT molecular complexity index is 967. The first-order valence-corrected chi connectivity index (χ1v) is 8.96. The SMILES string of the molecule is CN(C)CCN(Cc1ccccc1)C(=O)Cn1ncc2ccccc2c1=O. The minimum atomic E-state index is -0.242. The maximum atomic E-state index is 12.9. The fourth-order valence-corrected chi connectivity index (χ4v) is 2.88. The molecule has 0 fully saturated rings. The van der Waals surface area contributed by atoms with Crippen LogP contribution in [0.25, 0.3) is 10.8 Å². The number of carbonyl (C=O) groups is 1. The van der Waals surface area contributed by atoms with Gasteiger partial charge in [0, 0.05) is 25.0 Å². The van der Waals surface area contributed by atoms with E-state index < -0.39 is 0 Å². The van der Waals surface area contributed by atoms with Gasteiger partial charge in [0.05, 0.1) is 11.6 Å². The molecular weight excluding hydrogens is 340 g/mol. The van der Waals surface area contributed by atoms with Gasteiger partial charge in [-0.05, 0) is 25.7 Å². The highest BCUT2D eigenvalue weighted by Gasteiger charge is 2.16. The number of hydrogen-bond donors (Lipinski definition) is 0. The lowest BCUT2D eigenvalue weighted by Gasteiger charge is -2.24. The number of carbonyl (C=O) groups excluding carboxylic acids is 1. The lowest BCUT2D eigenvalue weighted by Crippen LogP contribution is -2.40. The molecule has 1 heterocycles. The van der Waals surface area contributed by atoms with Crippen molar-refractivity contribution in [3.8, 4) is 0 Å². The zero-order chi connectivity index (χ0) is 19.2. The number of nitrogens with zero attached hydrogens (tertiary/aromatic N) is 4. The predicted octanol–water partition coefficient (Wildman–Crippen LogP) is 1.99. The van der Waals surface area contributed by atoms with Crippen molar-refractivity contribution in [2.24, 2.45) is 0 Å². The zero-order valence-electron chi connectivity index (χ0n) is 15.7. The van der Waals surface area contributed by atoms with Crippen molar-refractivity contribution in [1.29, 1.82) is 0 Å². The summed E-state index contributed by atoms with van der Waals surface area (Å²) in [5, 5.41) is 5.53. The molecule has 1 aromatic heterocycles. The van der Waals surface area contributed by atoms with Crippen molar-refractivity contribution in [3.05, 3.63) is 76.7 Å². The Hall–Kier alpha value is -2.99. The normalized spacial score (nSPS) is 11.1. The van der Waals surface area contributed by atoms with Gasteiger partial charge in [0.25, 0.3) is 5.56 Å². The topological polar surface area (TPSA) is 58.4 Å². The molecule has 0 radical (unpaired) electrons. The summed E-state index contributed by atoms with van der Waals surface area (Å²) >= 11 is 0. The summed E-state index contributed by atoms with van der Waals surface area (Å²) in [6.45, 7) is 1.78. The van der Waals surface area contributed by atoms with E-state index >= 15 is 0 Å². The van der Waals surface area contributed by atoms with E-state index in [1.54, 1.807) is 17.2 Å². The van der Waals surface area contributed by atoms with E-state index in [-0.39, 0.29) is 18.0 Å². The monoisotopic (exact) mass is 364 g/mol. The number of fused-ring (bicyclic) bond motifs is 1. The average molecular weight is 364 g/mol. The third-order valence-corrected chi connectivity index (χ3v) is 4.43. The van der Waals surface area contributed by atoms with Gasteiger partial charge in [-0.1, -0.05) is 48.5 Å². The van der Waals surface area contributed by atoms with Gasteiger partial charge in [0.1, 0.15) is 6.54 Å². The number of likely N-dealkylation sites (N-methyl/N-ethyl adjacent to an activating group) is 1. The van der Waals surface area contributed by atoms with E-state index in [2.05, 4.69) is 5.10 Å². The smallest absolute Gasteiger partial charge is 0.275 e. The molecule has 0 bridgehead atoms. The average Bonchev–Trinajstić information content (AvgIpc) is 2.68. The Labute approximate surface area is 158 Å². The molecule has 3 aromatic rings. The third-order valence-electron chi connectivity index (χ3n) is 4.43. The second-order valence-electron chi connectivity index (χ2n) is 6.80. The van der Waals surface area contributed by atoms with Gasteiger partial charge in [0.2, 0.25) is 5.91 Å². The highest BCUT2D eigenvalue weighted by atomic mass is 16.2. The second-order valence-corrected chi connectivity index (χ2v) is 6.80. The van der Waals surface area contributed by atoms with Gasteiger partial charge in [-0.15, -0.1) is 0 Å². The molecule has 6 heteroatoms. The standard InChI is InChI=1S/C21H24N4O2/c1-23(2)12-13-24(15-17-8-4-3-5-9-17)20(26)16-25-21(27)19-11-7-6-10-18(19)14-22-25/h3-11,14H,12-13,15-16H2,1-2H3. The quantitative estimate of drug-likeness (QED) is 0.643. The molecule has 140 valence electrons. The maximum absolute atomic E-state index is 12.9. The van der Waals surface area contributed by atoms with Crippen LogP contribution in [-0.2, 0) is 17.9 Å². The minimum absolute atomic E-state index is 0.0655. The van der Waals surface area contributed by atoms with Crippen LogP contribution in [0.2, 0.25) is 0 Å². The Morgan fingerprint density at radius 1 is 1.00 bits per heavy atom. The van der Waals surface area contributed by atoms with Crippen LogP contribution in [-0.4, -0.2) is 52.7 Å². The summed E-state index contributed by atoms with van der Waals surface area (Å²) < 4.78 is 1.25. The van der Waals surface area contributed by atoms with E-state index in [0.29, 0.717) is 18.5 Å². The van der Waals surface area contributed by atoms with Crippen molar-refractivity contribution in [1.82, 2.24) is 19.6 Å².